The molecule has 5 rings (SSSR count). The van der Waals surface area contributed by atoms with Crippen LogP contribution in [0.5, 0.6) is 5.75 Å². The number of aliphatic hydroxyl groups is 1. The van der Waals surface area contributed by atoms with Gasteiger partial charge < -0.3 is 34.7 Å². The van der Waals surface area contributed by atoms with Gasteiger partial charge in [0.1, 0.15) is 24.0 Å². The van der Waals surface area contributed by atoms with Crippen LogP contribution in [0.2, 0.25) is 0 Å². The van der Waals surface area contributed by atoms with Crippen LogP contribution in [-0.4, -0.2) is 74.8 Å². The van der Waals surface area contributed by atoms with Crippen LogP contribution in [0.25, 0.3) is 21.9 Å². The minimum atomic E-state index is -3.63. The average molecular weight is 686 g/mol. The predicted octanol–water partition coefficient (Wildman–Crippen LogP) is 4.09. The number of halogens is 1. The van der Waals surface area contributed by atoms with E-state index in [0.717, 1.165) is 10.8 Å². The average Bonchev–Trinajstić information content (AvgIpc) is 3.56. The summed E-state index contributed by atoms with van der Waals surface area (Å²) in [6.45, 7) is 3.46. The summed E-state index contributed by atoms with van der Waals surface area (Å²) in [6.07, 6.45) is 2.13. The number of nitrogen functional groups attached to an aromatic ring is 1. The molecular formula is C31H37FN7O6PS. The number of imidazole rings is 1. The molecule has 4 aromatic rings. The highest BCUT2D eigenvalue weighted by atomic mass is 32.5. The first-order valence-electron chi connectivity index (χ1n) is 14.7. The molecule has 2 aromatic carbocycles. The monoisotopic (exact) mass is 685 g/mol. The summed E-state index contributed by atoms with van der Waals surface area (Å²) in [7, 11) is 1.62. The largest absolute Gasteiger partial charge is 0.464 e. The Bertz CT molecular complexity index is 1880. The first-order chi connectivity index (χ1) is 22.2. The highest BCUT2D eigenvalue weighted by molar-refractivity contribution is 8.09. The van der Waals surface area contributed by atoms with Crippen molar-refractivity contribution in [2.45, 2.75) is 57.8 Å². The molecule has 1 aliphatic rings. The van der Waals surface area contributed by atoms with Gasteiger partial charge in [0.2, 0.25) is 11.6 Å². The molecule has 1 fully saturated rings. The standard InChI is InChI=1S/C31H37FN7O6PS/c1-7-31(32)24(40)22(44-28(31)39-17-35-23-25(34-6)36-29(33)37-26(23)39)15-43-46(47,38-18(2)27(41)42-16-30(3,4)5)45-21-14-10-12-19-11-8-9-13-20(19)21/h1,8-14,17-18,22,24,28,40H,15-16H2,2-6H3,(H,38,47)(H3,33,34,36,37)/t18-,22-,24-,28-,31-,46?/m1/s1. The molecule has 5 N–H and O–H groups in total. The van der Waals surface area contributed by atoms with Crippen LogP contribution < -0.4 is 20.7 Å². The van der Waals surface area contributed by atoms with Crippen molar-refractivity contribution in [2.75, 3.05) is 31.3 Å². The number of nitrogens with one attached hydrogen (secondary N) is 2. The number of nitrogens with two attached hydrogens (primary N) is 1. The zero-order valence-corrected chi connectivity index (χ0v) is 28.2. The minimum Gasteiger partial charge on any atom is -0.464 e. The van der Waals surface area contributed by atoms with Gasteiger partial charge in [-0.3, -0.25) is 9.36 Å². The molecule has 0 spiro atoms. The second-order valence-corrected chi connectivity index (χ2v) is 15.4. The van der Waals surface area contributed by atoms with Gasteiger partial charge >= 0.3 is 12.6 Å². The lowest BCUT2D eigenvalue weighted by Gasteiger charge is -2.28. The van der Waals surface area contributed by atoms with Crippen molar-refractivity contribution >= 4 is 58.1 Å². The number of benzene rings is 2. The van der Waals surface area contributed by atoms with Crippen LogP contribution >= 0.6 is 6.64 Å². The molecule has 1 aliphatic heterocycles. The normalized spacial score (nSPS) is 23.2. The van der Waals surface area contributed by atoms with Gasteiger partial charge in [0.15, 0.2) is 23.2 Å². The number of carbonyl (C=O) groups is 1. The number of rotatable bonds is 11. The van der Waals surface area contributed by atoms with E-state index in [1.54, 1.807) is 26.1 Å². The number of terminal acetylenes is 1. The van der Waals surface area contributed by atoms with Gasteiger partial charge in [0.25, 0.3) is 0 Å². The lowest BCUT2D eigenvalue weighted by molar-refractivity contribution is -0.148. The maximum absolute atomic E-state index is 16.4. The maximum Gasteiger partial charge on any atom is 0.323 e. The Morgan fingerprint density at radius 2 is 2.02 bits per heavy atom. The van der Waals surface area contributed by atoms with E-state index in [4.69, 9.17) is 42.5 Å². The van der Waals surface area contributed by atoms with Crippen molar-refractivity contribution < 1.29 is 32.8 Å². The Morgan fingerprint density at radius 1 is 1.30 bits per heavy atom. The van der Waals surface area contributed by atoms with E-state index in [1.165, 1.54) is 10.9 Å². The van der Waals surface area contributed by atoms with Crippen molar-refractivity contribution in [2.24, 2.45) is 5.41 Å². The van der Waals surface area contributed by atoms with Gasteiger partial charge in [-0.15, -0.1) is 6.42 Å². The van der Waals surface area contributed by atoms with Crippen LogP contribution in [0.3, 0.4) is 0 Å². The molecule has 0 amide bonds. The topological polar surface area (TPSA) is 168 Å². The third-order valence-corrected chi connectivity index (χ3v) is 9.81. The van der Waals surface area contributed by atoms with Gasteiger partial charge in [0.05, 0.1) is 19.5 Å². The fraction of sp³-hybridized carbons (Fsp3) is 0.419. The van der Waals surface area contributed by atoms with Gasteiger partial charge in [-0.05, 0) is 35.6 Å². The highest BCUT2D eigenvalue weighted by Gasteiger charge is 2.58. The van der Waals surface area contributed by atoms with Gasteiger partial charge in [-0.1, -0.05) is 63.1 Å². The van der Waals surface area contributed by atoms with E-state index >= 15 is 4.39 Å². The molecule has 13 nitrogen and oxygen atoms in total. The van der Waals surface area contributed by atoms with E-state index in [9.17, 15) is 9.90 Å². The minimum absolute atomic E-state index is 0.0975. The second-order valence-electron chi connectivity index (χ2n) is 12.3. The first kappa shape index (κ1) is 34.4. The zero-order valence-electron chi connectivity index (χ0n) is 26.5. The van der Waals surface area contributed by atoms with Crippen LogP contribution in [0.1, 0.15) is 33.9 Å². The summed E-state index contributed by atoms with van der Waals surface area (Å²) in [5.41, 5.74) is 3.28. The van der Waals surface area contributed by atoms with Crippen LogP contribution in [0.4, 0.5) is 16.2 Å². The molecule has 1 unspecified atom stereocenters. The van der Waals surface area contributed by atoms with Crippen molar-refractivity contribution in [1.82, 2.24) is 24.6 Å². The van der Waals surface area contributed by atoms with Gasteiger partial charge in [-0.2, -0.15) is 9.97 Å². The summed E-state index contributed by atoms with van der Waals surface area (Å²) < 4.78 is 41.6. The van der Waals surface area contributed by atoms with Crippen molar-refractivity contribution in [3.63, 3.8) is 0 Å². The number of aromatic nitrogens is 4. The Labute approximate surface area is 276 Å². The number of anilines is 2. The fourth-order valence-electron chi connectivity index (χ4n) is 4.96. The summed E-state index contributed by atoms with van der Waals surface area (Å²) >= 11 is 5.90. The van der Waals surface area contributed by atoms with Crippen LogP contribution in [0, 0.1) is 17.8 Å². The number of carbonyl (C=O) groups excluding carboxylic acids is 1. The molecular weight excluding hydrogens is 648 g/mol. The molecule has 6 atom stereocenters. The van der Waals surface area contributed by atoms with Crippen molar-refractivity contribution in [3.05, 3.63) is 48.8 Å². The fourth-order valence-corrected chi connectivity index (χ4v) is 7.38. The van der Waals surface area contributed by atoms with Crippen LogP contribution in [-0.2, 0) is 30.6 Å². The summed E-state index contributed by atoms with van der Waals surface area (Å²) in [6, 6.07) is 12.0. The Morgan fingerprint density at radius 3 is 2.72 bits per heavy atom. The number of ether oxygens (including phenoxy) is 2. The van der Waals surface area contributed by atoms with Gasteiger partial charge in [-0.25, -0.2) is 14.5 Å². The Kier molecular flexibility index (Phi) is 9.75. The summed E-state index contributed by atoms with van der Waals surface area (Å²) in [4.78, 5) is 25.5. The highest BCUT2D eigenvalue weighted by Crippen LogP contribution is 2.49. The lowest BCUT2D eigenvalue weighted by atomic mass is 9.97. The number of hydrogen-bond donors (Lipinski definition) is 4. The van der Waals surface area contributed by atoms with E-state index in [-0.39, 0.29) is 29.1 Å². The summed E-state index contributed by atoms with van der Waals surface area (Å²) in [5, 5.41) is 18.6. The number of nitrogens with zero attached hydrogens (tertiary/aromatic N) is 4. The van der Waals surface area contributed by atoms with E-state index < -0.39 is 49.4 Å². The molecule has 3 heterocycles. The molecule has 0 aliphatic carbocycles. The van der Waals surface area contributed by atoms with E-state index in [2.05, 4.69) is 25.4 Å². The molecule has 250 valence electrons. The van der Waals surface area contributed by atoms with Gasteiger partial charge in [0, 0.05) is 12.4 Å². The van der Waals surface area contributed by atoms with Crippen LogP contribution in [0.15, 0.2) is 48.8 Å². The van der Waals surface area contributed by atoms with Crippen molar-refractivity contribution in [1.29, 1.82) is 0 Å². The molecule has 0 bridgehead atoms. The van der Waals surface area contributed by atoms with E-state index in [1.807, 2.05) is 57.0 Å². The first-order valence-corrected chi connectivity index (χ1v) is 17.4. The Balaban J connectivity index is 1.43. The molecule has 0 saturated carbocycles. The zero-order chi connectivity index (χ0) is 34.1. The molecule has 47 heavy (non-hydrogen) atoms. The number of aliphatic hydroxyl groups excluding tert-OH is 1. The third kappa shape index (κ3) is 7.18. The predicted molar refractivity (Wildman–Crippen MR) is 180 cm³/mol. The summed E-state index contributed by atoms with van der Waals surface area (Å²) in [5.74, 6) is 2.07. The lowest BCUT2D eigenvalue weighted by Crippen LogP contribution is -2.42. The number of alkyl halides is 1. The second kappa shape index (κ2) is 13.3. The molecule has 1 saturated heterocycles. The van der Waals surface area contributed by atoms with E-state index in [0.29, 0.717) is 11.6 Å². The molecule has 2 aromatic heterocycles. The maximum atomic E-state index is 16.4. The quantitative estimate of drug-likeness (QED) is 0.101. The number of esters is 1. The number of fused-ring (bicyclic) bond motifs is 2. The molecule has 16 heteroatoms. The SMILES string of the molecule is C#C[C@@]1(F)[C@H](O)[C@@H](COP(=S)(N[C@H](C)C(=O)OCC(C)(C)C)Oc2cccc3ccccc23)O[C@H]1n1cnc2c(NC)nc(N)nc21. The smallest absolute Gasteiger partial charge is 0.323 e. The number of hydrogen-bond acceptors (Lipinski definition) is 12. The Hall–Kier alpha value is -3.90. The third-order valence-electron chi connectivity index (χ3n) is 7.32. The molecule has 0 radical (unpaired) electrons. The van der Waals surface area contributed by atoms with Crippen molar-refractivity contribution in [3.8, 4) is 18.1 Å².